The molecule has 1 fully saturated rings. The lowest BCUT2D eigenvalue weighted by molar-refractivity contribution is -0.0613. The van der Waals surface area contributed by atoms with E-state index in [1.807, 2.05) is 17.9 Å². The Kier molecular flexibility index (Phi) is 2.64. The second kappa shape index (κ2) is 4.03. The second-order valence-electron chi connectivity index (χ2n) is 4.81. The summed E-state index contributed by atoms with van der Waals surface area (Å²) < 4.78 is 7.45. The zero-order chi connectivity index (χ0) is 11.9. The van der Waals surface area contributed by atoms with Gasteiger partial charge in [-0.25, -0.2) is 4.98 Å². The summed E-state index contributed by atoms with van der Waals surface area (Å²) in [6.07, 6.45) is 2.92. The maximum Gasteiger partial charge on any atom is 0.0955 e. The number of aryl methyl sites for hydroxylation is 1. The number of benzene rings is 1. The van der Waals surface area contributed by atoms with Crippen LogP contribution in [-0.4, -0.2) is 28.5 Å². The molecule has 0 amide bonds. The average Bonchev–Trinajstić information content (AvgIpc) is 2.65. The molecule has 0 N–H and O–H groups in total. The van der Waals surface area contributed by atoms with Crippen LogP contribution in [0.2, 0.25) is 0 Å². The van der Waals surface area contributed by atoms with Crippen molar-refractivity contribution in [3.05, 3.63) is 30.1 Å². The van der Waals surface area contributed by atoms with Crippen LogP contribution >= 0.6 is 12.6 Å². The molecule has 0 spiro atoms. The summed E-state index contributed by atoms with van der Waals surface area (Å²) in [6, 6.07) is 6.55. The van der Waals surface area contributed by atoms with Gasteiger partial charge in [0.1, 0.15) is 0 Å². The molecule has 1 aliphatic rings. The predicted octanol–water partition coefficient (Wildman–Crippen LogP) is 2.16. The molecule has 0 atom stereocenters. The molecule has 1 aromatic heterocycles. The van der Waals surface area contributed by atoms with Gasteiger partial charge in [-0.2, -0.15) is 12.6 Å². The Hall–Kier alpha value is -1.00. The lowest BCUT2D eigenvalue weighted by Gasteiger charge is -2.41. The quantitative estimate of drug-likeness (QED) is 0.843. The van der Waals surface area contributed by atoms with Gasteiger partial charge in [-0.05, 0) is 29.9 Å². The van der Waals surface area contributed by atoms with Gasteiger partial charge < -0.3 is 9.30 Å². The van der Waals surface area contributed by atoms with Gasteiger partial charge in [0.05, 0.1) is 30.6 Å². The highest BCUT2D eigenvalue weighted by Crippen LogP contribution is 2.37. The Morgan fingerprint density at radius 2 is 2.29 bits per heavy atom. The van der Waals surface area contributed by atoms with E-state index in [9.17, 15) is 0 Å². The number of hydrogen-bond acceptors (Lipinski definition) is 3. The molecular formula is C13H16N2OS. The first kappa shape index (κ1) is 11.1. The van der Waals surface area contributed by atoms with Gasteiger partial charge in [0.15, 0.2) is 0 Å². The summed E-state index contributed by atoms with van der Waals surface area (Å²) in [5, 5.41) is 0. The summed E-state index contributed by atoms with van der Waals surface area (Å²) in [5.74, 6) is 0.892. The van der Waals surface area contributed by atoms with Crippen LogP contribution in [0, 0.1) is 0 Å². The fourth-order valence-corrected chi connectivity index (χ4v) is 2.91. The minimum atomic E-state index is 0.174. The van der Waals surface area contributed by atoms with E-state index in [1.54, 1.807) is 0 Å². The largest absolute Gasteiger partial charge is 0.379 e. The molecule has 0 aliphatic carbocycles. The summed E-state index contributed by atoms with van der Waals surface area (Å²) in [5.41, 5.74) is 3.75. The van der Waals surface area contributed by atoms with Crippen LogP contribution in [0.3, 0.4) is 0 Å². The standard InChI is InChI=1S/C13H16N2OS/c1-15-9-14-11-6-10(2-3-12(11)15)13(4-5-17)7-16-8-13/h2-3,6,9,17H,4-5,7-8H2,1H3. The molecule has 17 heavy (non-hydrogen) atoms. The van der Waals surface area contributed by atoms with Crippen LogP contribution in [0.25, 0.3) is 11.0 Å². The summed E-state index contributed by atoms with van der Waals surface area (Å²) in [4.78, 5) is 4.41. The van der Waals surface area contributed by atoms with Crippen molar-refractivity contribution >= 4 is 23.7 Å². The Bertz CT molecular complexity index is 545. The highest BCUT2D eigenvalue weighted by molar-refractivity contribution is 7.80. The van der Waals surface area contributed by atoms with E-state index in [1.165, 1.54) is 11.1 Å². The monoisotopic (exact) mass is 248 g/mol. The number of ether oxygens (including phenoxy) is 1. The van der Waals surface area contributed by atoms with Crippen LogP contribution in [0.1, 0.15) is 12.0 Å². The van der Waals surface area contributed by atoms with Gasteiger partial charge in [0.2, 0.25) is 0 Å². The first-order valence-electron chi connectivity index (χ1n) is 5.85. The fourth-order valence-electron chi connectivity index (χ4n) is 2.48. The molecule has 3 nitrogen and oxygen atoms in total. The molecule has 1 saturated heterocycles. The van der Waals surface area contributed by atoms with Crippen molar-refractivity contribution in [2.75, 3.05) is 19.0 Å². The van der Waals surface area contributed by atoms with Gasteiger partial charge in [0.25, 0.3) is 0 Å². The molecule has 1 aliphatic heterocycles. The van der Waals surface area contributed by atoms with Crippen molar-refractivity contribution in [1.29, 1.82) is 0 Å². The van der Waals surface area contributed by atoms with Gasteiger partial charge >= 0.3 is 0 Å². The van der Waals surface area contributed by atoms with Crippen LogP contribution in [0.4, 0.5) is 0 Å². The van der Waals surface area contributed by atoms with Crippen molar-refractivity contribution in [2.24, 2.45) is 7.05 Å². The molecule has 0 radical (unpaired) electrons. The number of hydrogen-bond donors (Lipinski definition) is 1. The van der Waals surface area contributed by atoms with Crippen LogP contribution in [0.5, 0.6) is 0 Å². The van der Waals surface area contributed by atoms with E-state index in [-0.39, 0.29) is 5.41 Å². The summed E-state index contributed by atoms with van der Waals surface area (Å²) in [7, 11) is 2.02. The highest BCUT2D eigenvalue weighted by Gasteiger charge is 2.39. The van der Waals surface area contributed by atoms with Crippen molar-refractivity contribution in [2.45, 2.75) is 11.8 Å². The average molecular weight is 248 g/mol. The number of fused-ring (bicyclic) bond motifs is 1. The molecule has 90 valence electrons. The smallest absolute Gasteiger partial charge is 0.0955 e. The Balaban J connectivity index is 2.05. The second-order valence-corrected chi connectivity index (χ2v) is 5.25. The molecule has 1 aromatic carbocycles. The SMILES string of the molecule is Cn1cnc2cc(C3(CCS)COC3)ccc21. The fraction of sp³-hybridized carbons (Fsp3) is 0.462. The van der Waals surface area contributed by atoms with Crippen LogP contribution < -0.4 is 0 Å². The normalized spacial score (nSPS) is 18.2. The van der Waals surface area contributed by atoms with E-state index < -0.39 is 0 Å². The lowest BCUT2D eigenvalue weighted by atomic mass is 9.76. The Morgan fingerprint density at radius 3 is 2.94 bits per heavy atom. The minimum absolute atomic E-state index is 0.174. The number of aromatic nitrogens is 2. The number of rotatable bonds is 3. The molecular weight excluding hydrogens is 232 g/mol. The van der Waals surface area contributed by atoms with E-state index in [0.29, 0.717) is 0 Å². The van der Waals surface area contributed by atoms with E-state index in [0.717, 1.165) is 30.9 Å². The zero-order valence-electron chi connectivity index (χ0n) is 9.89. The molecule has 0 bridgehead atoms. The van der Waals surface area contributed by atoms with E-state index >= 15 is 0 Å². The van der Waals surface area contributed by atoms with Gasteiger partial charge in [-0.15, -0.1) is 0 Å². The van der Waals surface area contributed by atoms with Crippen molar-refractivity contribution < 1.29 is 4.74 Å². The highest BCUT2D eigenvalue weighted by atomic mass is 32.1. The number of thiol groups is 1. The maximum absolute atomic E-state index is 5.40. The third kappa shape index (κ3) is 1.67. The third-order valence-electron chi connectivity index (χ3n) is 3.68. The zero-order valence-corrected chi connectivity index (χ0v) is 10.8. The molecule has 2 aromatic rings. The first-order chi connectivity index (χ1) is 8.25. The lowest BCUT2D eigenvalue weighted by Crippen LogP contribution is -2.47. The first-order valence-corrected chi connectivity index (χ1v) is 6.49. The third-order valence-corrected chi connectivity index (χ3v) is 3.91. The molecule has 0 unspecified atom stereocenters. The molecule has 2 heterocycles. The number of nitrogens with zero attached hydrogens (tertiary/aromatic N) is 2. The topological polar surface area (TPSA) is 27.1 Å². The minimum Gasteiger partial charge on any atom is -0.379 e. The predicted molar refractivity (Wildman–Crippen MR) is 71.7 cm³/mol. The van der Waals surface area contributed by atoms with E-state index in [4.69, 9.17) is 4.74 Å². The molecule has 4 heteroatoms. The maximum atomic E-state index is 5.40. The Morgan fingerprint density at radius 1 is 1.47 bits per heavy atom. The van der Waals surface area contributed by atoms with Crippen LogP contribution in [0.15, 0.2) is 24.5 Å². The summed E-state index contributed by atoms with van der Waals surface area (Å²) in [6.45, 7) is 1.62. The van der Waals surface area contributed by atoms with Crippen molar-refractivity contribution in [1.82, 2.24) is 9.55 Å². The van der Waals surface area contributed by atoms with Crippen LogP contribution in [-0.2, 0) is 17.2 Å². The van der Waals surface area contributed by atoms with Gasteiger partial charge in [-0.3, -0.25) is 0 Å². The number of imidazole rings is 1. The Labute approximate surface area is 106 Å². The van der Waals surface area contributed by atoms with Crippen molar-refractivity contribution in [3.63, 3.8) is 0 Å². The van der Waals surface area contributed by atoms with Gasteiger partial charge in [0, 0.05) is 12.5 Å². The van der Waals surface area contributed by atoms with Gasteiger partial charge in [-0.1, -0.05) is 6.07 Å². The van der Waals surface area contributed by atoms with E-state index in [2.05, 4.69) is 35.8 Å². The molecule has 0 saturated carbocycles. The van der Waals surface area contributed by atoms with Crippen molar-refractivity contribution in [3.8, 4) is 0 Å². The molecule has 3 rings (SSSR count). The summed E-state index contributed by atoms with van der Waals surface area (Å²) >= 11 is 4.35.